The number of pyridine rings is 1. The maximum atomic E-state index is 11.2. The van der Waals surface area contributed by atoms with Crippen molar-refractivity contribution in [3.8, 4) is 5.75 Å². The number of halogens is 1. The molecule has 0 radical (unpaired) electrons. The number of piperidine rings is 3. The zero-order valence-electron chi connectivity index (χ0n) is 16.3. The highest BCUT2D eigenvalue weighted by Crippen LogP contribution is 2.42. The third kappa shape index (κ3) is 3.14. The molecule has 0 aliphatic carbocycles. The summed E-state index contributed by atoms with van der Waals surface area (Å²) in [5.74, 6) is 1.45. The van der Waals surface area contributed by atoms with Crippen molar-refractivity contribution in [2.24, 2.45) is 11.8 Å². The van der Waals surface area contributed by atoms with E-state index in [0.717, 1.165) is 48.1 Å². The van der Waals surface area contributed by atoms with Crippen LogP contribution < -0.4 is 4.74 Å². The number of rotatable bonds is 4. The molecule has 1 aromatic heterocycles. The number of ether oxygens (including phenoxy) is 1. The van der Waals surface area contributed by atoms with Gasteiger partial charge in [0.15, 0.2) is 0 Å². The first-order valence-corrected chi connectivity index (χ1v) is 8.56. The van der Waals surface area contributed by atoms with Gasteiger partial charge in [-0.2, -0.15) is 0 Å². The fourth-order valence-corrected chi connectivity index (χ4v) is 4.37. The minimum atomic E-state index is -0.591. The highest BCUT2D eigenvalue weighted by atomic mass is 35.5. The van der Waals surface area contributed by atoms with Crippen LogP contribution in [0.2, 0.25) is 0 Å². The summed E-state index contributed by atoms with van der Waals surface area (Å²) in [6.45, 7) is 1.68. The van der Waals surface area contributed by atoms with Gasteiger partial charge in [0.1, 0.15) is 5.75 Å². The predicted molar refractivity (Wildman–Crippen MR) is 102 cm³/mol. The van der Waals surface area contributed by atoms with Crippen molar-refractivity contribution in [3.63, 3.8) is 0 Å². The van der Waals surface area contributed by atoms with Crippen LogP contribution in [0.4, 0.5) is 0 Å². The van der Waals surface area contributed by atoms with Gasteiger partial charge in [0.05, 0.1) is 21.5 Å². The zero-order chi connectivity index (χ0) is 18.3. The second-order valence-electron chi connectivity index (χ2n) is 6.91. The van der Waals surface area contributed by atoms with Crippen LogP contribution in [-0.4, -0.2) is 41.2 Å². The van der Waals surface area contributed by atoms with Crippen LogP contribution in [0.15, 0.2) is 43.1 Å². The number of aliphatic hydroxyl groups is 1. The summed E-state index contributed by atoms with van der Waals surface area (Å²) < 4.78 is 20.2. The average Bonchev–Trinajstić information content (AvgIpc) is 2.66. The summed E-state index contributed by atoms with van der Waals surface area (Å²) in [5.41, 5.74) is 1.74. The number of aliphatic hydroxyl groups excluding tert-OH is 1. The van der Waals surface area contributed by atoms with Crippen molar-refractivity contribution in [1.82, 2.24) is 9.88 Å². The Morgan fingerprint density at radius 3 is 3.08 bits per heavy atom. The second kappa shape index (κ2) is 7.32. The number of fused-ring (bicyclic) bond motifs is 4. The highest BCUT2D eigenvalue weighted by molar-refractivity contribution is 5.85. The summed E-state index contributed by atoms with van der Waals surface area (Å²) >= 11 is 0. The Morgan fingerprint density at radius 1 is 1.48 bits per heavy atom. The van der Waals surface area contributed by atoms with E-state index < -0.39 is 6.10 Å². The van der Waals surface area contributed by atoms with Gasteiger partial charge in [-0.1, -0.05) is 6.08 Å². The van der Waals surface area contributed by atoms with Crippen LogP contribution in [0, 0.1) is 11.8 Å². The first-order valence-electron chi connectivity index (χ1n) is 9.56. The molecule has 134 valence electrons. The number of hydrogen-bond donors (Lipinski definition) is 1. The van der Waals surface area contributed by atoms with E-state index in [1.54, 1.807) is 19.4 Å². The van der Waals surface area contributed by atoms with Crippen molar-refractivity contribution in [2.45, 2.75) is 25.0 Å². The normalized spacial score (nSPS) is 30.0. The molecule has 3 fully saturated rings. The van der Waals surface area contributed by atoms with Crippen molar-refractivity contribution >= 4 is 23.3 Å². The molecule has 25 heavy (non-hydrogen) atoms. The Bertz CT molecular complexity index is 844. The molecule has 4 nitrogen and oxygen atoms in total. The Morgan fingerprint density at radius 2 is 2.36 bits per heavy atom. The van der Waals surface area contributed by atoms with E-state index in [4.69, 9.17) is 7.48 Å². The first-order chi connectivity index (χ1) is 12.6. The lowest BCUT2D eigenvalue weighted by atomic mass is 9.74. The maximum Gasteiger partial charge on any atom is 0.119 e. The maximum absolute atomic E-state index is 11.2. The topological polar surface area (TPSA) is 45.6 Å². The van der Waals surface area contributed by atoms with Crippen LogP contribution in [-0.2, 0) is 0 Å². The van der Waals surface area contributed by atoms with E-state index in [1.165, 1.54) is 0 Å². The number of benzene rings is 1. The van der Waals surface area contributed by atoms with Gasteiger partial charge in [-0.15, -0.1) is 18.9 Å². The quantitative estimate of drug-likeness (QED) is 0.666. The van der Waals surface area contributed by atoms with Crippen molar-refractivity contribution in [3.05, 3.63) is 48.6 Å². The molecule has 3 aliphatic heterocycles. The third-order valence-corrected chi connectivity index (χ3v) is 5.73. The molecule has 4 heterocycles. The van der Waals surface area contributed by atoms with Gasteiger partial charge in [0, 0.05) is 24.2 Å². The summed E-state index contributed by atoms with van der Waals surface area (Å²) in [6.07, 6.45) is 4.88. The molecule has 1 N–H and O–H groups in total. The fraction of sp³-hybridized carbons (Fsp3) is 0.450. The Labute approximate surface area is 157 Å². The average molecular weight is 364 g/mol. The van der Waals surface area contributed by atoms with Gasteiger partial charge in [0.2, 0.25) is 0 Å². The predicted octanol–water partition coefficient (Wildman–Crippen LogP) is 3.60. The second-order valence-corrected chi connectivity index (χ2v) is 6.91. The number of methoxy groups -OCH3 is 1. The van der Waals surface area contributed by atoms with Gasteiger partial charge < -0.3 is 9.84 Å². The monoisotopic (exact) mass is 363 g/mol. The van der Waals surface area contributed by atoms with Gasteiger partial charge in [0.25, 0.3) is 0 Å². The number of nitrogens with zero attached hydrogens (tertiary/aromatic N) is 2. The summed E-state index contributed by atoms with van der Waals surface area (Å²) in [6, 6.07) is 7.71. The summed E-state index contributed by atoms with van der Waals surface area (Å²) in [4.78, 5) is 6.73. The van der Waals surface area contributed by atoms with E-state index >= 15 is 0 Å². The zero-order valence-corrected chi connectivity index (χ0v) is 15.1. The molecule has 2 aromatic rings. The van der Waals surface area contributed by atoms with Crippen molar-refractivity contribution in [1.29, 1.82) is 0 Å². The molecule has 1 aromatic carbocycles. The molecule has 0 saturated carbocycles. The summed E-state index contributed by atoms with van der Waals surface area (Å²) in [5, 5.41) is 12.1. The molecule has 5 atom stereocenters. The van der Waals surface area contributed by atoms with Crippen LogP contribution >= 0.6 is 12.4 Å². The lowest BCUT2D eigenvalue weighted by Crippen LogP contribution is -2.54. The van der Waals surface area contributed by atoms with E-state index in [2.05, 4.69) is 9.88 Å². The summed E-state index contributed by atoms with van der Waals surface area (Å²) in [7, 11) is 1.64. The van der Waals surface area contributed by atoms with Crippen LogP contribution in [0.25, 0.3) is 10.9 Å². The van der Waals surface area contributed by atoms with Crippen LogP contribution in [0.1, 0.15) is 27.3 Å². The standard InChI is InChI=1S/C20H24N2O2.ClH/c1-3-13-12-22-9-7-14(13)10-19(22)20(23)16-6-8-21-18-5-4-15(24-2)11-17(16)18;/h3-6,8,11,13-14,19-20,23H,1,7,9-10,12H2,2H3;1H/t13-,14-,19+,20-;/m0./s1/i1+1D2;. The Kier molecular flexibility index (Phi) is 4.57. The van der Waals surface area contributed by atoms with Gasteiger partial charge in [-0.3, -0.25) is 9.88 Å². The molecule has 1 unspecified atom stereocenters. The van der Waals surface area contributed by atoms with Gasteiger partial charge in [-0.05, 0) is 61.1 Å². The first kappa shape index (κ1) is 15.6. The minimum absolute atomic E-state index is 0. The molecular weight excluding hydrogens is 337 g/mol. The molecular formula is C20H25ClN2O2. The molecule has 3 saturated heterocycles. The number of hydrogen-bond acceptors (Lipinski definition) is 4. The van der Waals surface area contributed by atoms with Crippen molar-refractivity contribution in [2.75, 3.05) is 20.2 Å². The van der Waals surface area contributed by atoms with Gasteiger partial charge >= 0.3 is 0 Å². The SMILES string of the molecule is Cl.[2H][13C]([2H])=C[C@H]1CN2CC[C@H]1C[C@@H]2[C@@H](O)c1ccnc2ccc(OC)cc12. The van der Waals surface area contributed by atoms with E-state index in [0.29, 0.717) is 5.92 Å². The molecule has 0 amide bonds. The molecule has 5 rings (SSSR count). The van der Waals surface area contributed by atoms with Crippen molar-refractivity contribution < 1.29 is 12.6 Å². The molecule has 3 aliphatic rings. The highest BCUT2D eigenvalue weighted by Gasteiger charge is 2.42. The lowest BCUT2D eigenvalue weighted by Gasteiger charge is -2.50. The molecule has 2 bridgehead atoms. The van der Waals surface area contributed by atoms with E-state index in [9.17, 15) is 5.11 Å². The van der Waals surface area contributed by atoms with Gasteiger partial charge in [-0.25, -0.2) is 0 Å². The Hall–Kier alpha value is -1.62. The van der Waals surface area contributed by atoms with E-state index in [-0.39, 0.29) is 30.9 Å². The molecule has 0 spiro atoms. The van der Waals surface area contributed by atoms with E-state index in [1.807, 2.05) is 24.3 Å². The largest absolute Gasteiger partial charge is 0.497 e. The smallest absolute Gasteiger partial charge is 0.119 e. The Balaban J connectivity index is 0.00000210. The number of aromatic nitrogens is 1. The van der Waals surface area contributed by atoms with Crippen LogP contribution in [0.5, 0.6) is 5.75 Å². The lowest BCUT2D eigenvalue weighted by molar-refractivity contribution is -0.0444. The third-order valence-electron chi connectivity index (χ3n) is 5.73. The molecule has 5 heteroatoms. The minimum Gasteiger partial charge on any atom is -0.497 e. The van der Waals surface area contributed by atoms with Crippen LogP contribution in [0.3, 0.4) is 0 Å². The fourth-order valence-electron chi connectivity index (χ4n) is 4.37.